The monoisotopic (exact) mass is 579 g/mol. The van der Waals surface area contributed by atoms with Crippen LogP contribution in [0.3, 0.4) is 0 Å². The number of hydrazine groups is 1. The van der Waals surface area contributed by atoms with E-state index in [9.17, 15) is 24.3 Å². The predicted molar refractivity (Wildman–Crippen MR) is 159 cm³/mol. The average Bonchev–Trinajstić information content (AvgIpc) is 3.01. The zero-order valence-corrected chi connectivity index (χ0v) is 23.6. The molecule has 3 aromatic rings. The lowest BCUT2D eigenvalue weighted by molar-refractivity contribution is -0.190. The Balaban J connectivity index is 1.50. The van der Waals surface area contributed by atoms with Gasteiger partial charge in [-0.15, -0.1) is 6.42 Å². The Bertz CT molecular complexity index is 1450. The Labute approximate surface area is 250 Å². The minimum absolute atomic E-state index is 0.0172. The summed E-state index contributed by atoms with van der Waals surface area (Å²) in [7, 11) is 0. The van der Waals surface area contributed by atoms with Gasteiger partial charge >= 0.3 is 12.0 Å². The quantitative estimate of drug-likeness (QED) is 0.377. The third-order valence-corrected chi connectivity index (χ3v) is 7.77. The molecular formula is C33H33N5O5. The molecule has 0 bridgehead atoms. The molecule has 2 atom stereocenters. The van der Waals surface area contributed by atoms with E-state index in [4.69, 9.17) is 6.42 Å². The highest BCUT2D eigenvalue weighted by Crippen LogP contribution is 2.32. The maximum absolute atomic E-state index is 14.0. The molecule has 2 heterocycles. The van der Waals surface area contributed by atoms with Gasteiger partial charge < -0.3 is 20.2 Å². The van der Waals surface area contributed by atoms with Gasteiger partial charge in [0.2, 0.25) is 11.8 Å². The van der Waals surface area contributed by atoms with Crippen molar-refractivity contribution in [1.82, 2.24) is 25.1 Å². The first-order chi connectivity index (χ1) is 20.9. The van der Waals surface area contributed by atoms with Crippen LogP contribution in [0.25, 0.3) is 0 Å². The molecule has 2 fully saturated rings. The van der Waals surface area contributed by atoms with Gasteiger partial charge in [0.15, 0.2) is 0 Å². The lowest BCUT2D eigenvalue weighted by Crippen LogP contribution is -2.76. The number of carbonyl (C=O) groups is 4. The molecule has 0 aromatic heterocycles. The fourth-order valence-electron chi connectivity index (χ4n) is 5.82. The molecule has 220 valence electrons. The van der Waals surface area contributed by atoms with Crippen LogP contribution in [-0.4, -0.2) is 87.1 Å². The van der Waals surface area contributed by atoms with Crippen molar-refractivity contribution in [1.29, 1.82) is 0 Å². The van der Waals surface area contributed by atoms with Crippen molar-refractivity contribution in [2.75, 3.05) is 26.2 Å². The van der Waals surface area contributed by atoms with Crippen molar-refractivity contribution in [2.24, 2.45) is 0 Å². The molecule has 0 unspecified atom stereocenters. The number of fused-ring (bicyclic) bond motifs is 1. The van der Waals surface area contributed by atoms with E-state index in [1.165, 1.54) is 14.9 Å². The topological polar surface area (TPSA) is 114 Å². The molecule has 10 heteroatoms. The van der Waals surface area contributed by atoms with E-state index in [-0.39, 0.29) is 38.6 Å². The Kier molecular flexibility index (Phi) is 9.03. The Morgan fingerprint density at radius 3 is 2.07 bits per heavy atom. The lowest BCUT2D eigenvalue weighted by atomic mass is 9.90. The molecular weight excluding hydrogens is 546 g/mol. The van der Waals surface area contributed by atoms with Crippen LogP contribution < -0.4 is 5.32 Å². The first kappa shape index (κ1) is 29.4. The highest BCUT2D eigenvalue weighted by atomic mass is 16.4. The van der Waals surface area contributed by atoms with Gasteiger partial charge in [-0.05, 0) is 16.7 Å². The van der Waals surface area contributed by atoms with Crippen molar-refractivity contribution in [2.45, 2.75) is 31.1 Å². The summed E-state index contributed by atoms with van der Waals surface area (Å²) in [6.07, 6.45) is 4.07. The largest absolute Gasteiger partial charge is 0.481 e. The third kappa shape index (κ3) is 6.52. The third-order valence-electron chi connectivity index (χ3n) is 7.77. The average molecular weight is 580 g/mol. The standard InChI is InChI=1S/C33H33N5O5/c1-2-18-36-23-30(39)37-28(19-31(40)41)32(42)35(21-27(25-14-8-4-9-15-25)26-16-10-5-11-17-26)22-29(37)38(36)33(43)34-20-24-12-6-3-7-13-24/h1,3-17,27-29H,18-23H2,(H,34,43)(H,40,41)/t28-,29-/m0/s1. The number of carboxylic acids is 1. The fraction of sp³-hybridized carbons (Fsp3) is 0.273. The number of hydrogen-bond donors (Lipinski definition) is 2. The summed E-state index contributed by atoms with van der Waals surface area (Å²) in [6, 6.07) is 27.0. The highest BCUT2D eigenvalue weighted by molar-refractivity contribution is 5.93. The van der Waals surface area contributed by atoms with Crippen LogP contribution in [0.4, 0.5) is 4.79 Å². The molecule has 2 aliphatic rings. The number of aliphatic carboxylic acids is 1. The zero-order valence-electron chi connectivity index (χ0n) is 23.6. The van der Waals surface area contributed by atoms with E-state index in [2.05, 4.69) is 11.2 Å². The van der Waals surface area contributed by atoms with E-state index in [1.54, 1.807) is 4.90 Å². The normalized spacial score (nSPS) is 18.7. The Morgan fingerprint density at radius 1 is 0.930 bits per heavy atom. The molecule has 4 amide bonds. The highest BCUT2D eigenvalue weighted by Gasteiger charge is 2.52. The molecule has 43 heavy (non-hydrogen) atoms. The Morgan fingerprint density at radius 2 is 1.51 bits per heavy atom. The summed E-state index contributed by atoms with van der Waals surface area (Å²) >= 11 is 0. The van der Waals surface area contributed by atoms with E-state index in [0.717, 1.165) is 16.7 Å². The van der Waals surface area contributed by atoms with Gasteiger partial charge in [-0.2, -0.15) is 5.01 Å². The zero-order chi connectivity index (χ0) is 30.3. The second kappa shape index (κ2) is 13.2. The van der Waals surface area contributed by atoms with E-state index < -0.39 is 42.4 Å². The molecule has 0 radical (unpaired) electrons. The maximum Gasteiger partial charge on any atom is 0.334 e. The molecule has 2 saturated heterocycles. The van der Waals surface area contributed by atoms with E-state index in [0.29, 0.717) is 0 Å². The number of amides is 4. The SMILES string of the molecule is C#CCN1CC(=O)N2[C@@H](CC(=O)O)C(=O)N(CC(c3ccccc3)c3ccccc3)C[C@@H]2N1C(=O)NCc1ccccc1. The molecule has 2 aliphatic heterocycles. The van der Waals surface area contributed by atoms with Gasteiger partial charge in [-0.1, -0.05) is 96.9 Å². The van der Waals surface area contributed by atoms with Gasteiger partial charge in [0.05, 0.1) is 26.1 Å². The first-order valence-corrected chi connectivity index (χ1v) is 14.1. The number of carbonyl (C=O) groups excluding carboxylic acids is 3. The summed E-state index contributed by atoms with van der Waals surface area (Å²) in [4.78, 5) is 56.0. The molecule has 5 rings (SSSR count). The number of hydrogen-bond acceptors (Lipinski definition) is 5. The van der Waals surface area contributed by atoms with Crippen molar-refractivity contribution >= 4 is 23.8 Å². The van der Waals surface area contributed by atoms with Crippen molar-refractivity contribution in [3.63, 3.8) is 0 Å². The summed E-state index contributed by atoms with van der Waals surface area (Å²) < 4.78 is 0. The van der Waals surface area contributed by atoms with Crippen molar-refractivity contribution in [3.05, 3.63) is 108 Å². The van der Waals surface area contributed by atoms with Crippen LogP contribution in [0, 0.1) is 12.3 Å². The fourth-order valence-corrected chi connectivity index (χ4v) is 5.82. The number of terminal acetylenes is 1. The lowest BCUT2D eigenvalue weighted by Gasteiger charge is -2.55. The van der Waals surface area contributed by atoms with Crippen LogP contribution in [-0.2, 0) is 20.9 Å². The molecule has 0 saturated carbocycles. The van der Waals surface area contributed by atoms with Crippen LogP contribution in [0.2, 0.25) is 0 Å². The summed E-state index contributed by atoms with van der Waals surface area (Å²) in [5, 5.41) is 15.5. The van der Waals surface area contributed by atoms with Crippen LogP contribution in [0.5, 0.6) is 0 Å². The molecule has 0 spiro atoms. The van der Waals surface area contributed by atoms with E-state index >= 15 is 0 Å². The number of benzene rings is 3. The van der Waals surface area contributed by atoms with Crippen LogP contribution in [0.15, 0.2) is 91.0 Å². The summed E-state index contributed by atoms with van der Waals surface area (Å²) in [5.41, 5.74) is 2.83. The molecule has 10 nitrogen and oxygen atoms in total. The number of piperazine rings is 1. The van der Waals surface area contributed by atoms with Crippen LogP contribution >= 0.6 is 0 Å². The minimum atomic E-state index is -1.28. The second-order valence-corrected chi connectivity index (χ2v) is 10.5. The van der Waals surface area contributed by atoms with Gasteiger partial charge in [0.25, 0.3) is 0 Å². The van der Waals surface area contributed by atoms with Gasteiger partial charge in [0, 0.05) is 19.0 Å². The van der Waals surface area contributed by atoms with Crippen molar-refractivity contribution < 1.29 is 24.3 Å². The Hall–Kier alpha value is -5.14. The summed E-state index contributed by atoms with van der Waals surface area (Å²) in [5.74, 6) is 0.119. The maximum atomic E-state index is 14.0. The predicted octanol–water partition coefficient (Wildman–Crippen LogP) is 2.73. The van der Waals surface area contributed by atoms with Gasteiger partial charge in [-0.3, -0.25) is 14.4 Å². The second-order valence-electron chi connectivity index (χ2n) is 10.5. The number of carboxylic acid groups (broad SMARTS) is 1. The smallest absolute Gasteiger partial charge is 0.334 e. The number of urea groups is 1. The van der Waals surface area contributed by atoms with Crippen molar-refractivity contribution in [3.8, 4) is 12.3 Å². The summed E-state index contributed by atoms with van der Waals surface area (Å²) in [6.45, 7) is 0.140. The number of nitrogens with one attached hydrogen (secondary N) is 1. The first-order valence-electron chi connectivity index (χ1n) is 14.1. The minimum Gasteiger partial charge on any atom is -0.481 e. The number of nitrogens with zero attached hydrogens (tertiary/aromatic N) is 4. The molecule has 3 aromatic carbocycles. The van der Waals surface area contributed by atoms with E-state index in [1.807, 2.05) is 91.0 Å². The van der Waals surface area contributed by atoms with Gasteiger partial charge in [0.1, 0.15) is 12.2 Å². The molecule has 0 aliphatic carbocycles. The van der Waals surface area contributed by atoms with Crippen LogP contribution in [0.1, 0.15) is 29.0 Å². The van der Waals surface area contributed by atoms with Gasteiger partial charge in [-0.25, -0.2) is 9.80 Å². The molecule has 2 N–H and O–H groups in total. The number of rotatable bonds is 9.